The van der Waals surface area contributed by atoms with Crippen molar-refractivity contribution in [1.82, 2.24) is 20.2 Å². The Morgan fingerprint density at radius 1 is 1.03 bits per heavy atom. The molecule has 38 heavy (non-hydrogen) atoms. The van der Waals surface area contributed by atoms with Gasteiger partial charge in [-0.25, -0.2) is 9.97 Å². The number of hydrogen-bond acceptors (Lipinski definition) is 6. The van der Waals surface area contributed by atoms with Crippen molar-refractivity contribution >= 4 is 28.8 Å². The third-order valence-electron chi connectivity index (χ3n) is 8.09. The number of aryl methyl sites for hydroxylation is 1. The first kappa shape index (κ1) is 24.6. The van der Waals surface area contributed by atoms with Gasteiger partial charge in [0.05, 0.1) is 5.69 Å². The van der Waals surface area contributed by atoms with Crippen molar-refractivity contribution in [3.63, 3.8) is 0 Å². The van der Waals surface area contributed by atoms with Crippen molar-refractivity contribution in [1.29, 1.82) is 0 Å². The van der Waals surface area contributed by atoms with E-state index in [2.05, 4.69) is 83.8 Å². The summed E-state index contributed by atoms with van der Waals surface area (Å²) in [5, 5.41) is 6.47. The van der Waals surface area contributed by atoms with Crippen molar-refractivity contribution in [2.75, 3.05) is 50.0 Å². The first-order valence-corrected chi connectivity index (χ1v) is 13.7. The fourth-order valence-corrected chi connectivity index (χ4v) is 5.73. The van der Waals surface area contributed by atoms with Crippen LogP contribution in [0.25, 0.3) is 5.57 Å². The molecule has 3 aliphatic rings. The molecule has 0 radical (unpaired) electrons. The molecule has 1 aromatic heterocycles. The highest BCUT2D eigenvalue weighted by Gasteiger charge is 2.32. The maximum atomic E-state index is 12.5. The number of carbonyl (C=O) groups excluding carboxylic acids is 1. The first-order chi connectivity index (χ1) is 18.4. The van der Waals surface area contributed by atoms with E-state index in [1.165, 1.54) is 5.69 Å². The van der Waals surface area contributed by atoms with Crippen LogP contribution in [0.15, 0.2) is 54.7 Å². The number of rotatable bonds is 4. The lowest BCUT2D eigenvalue weighted by molar-refractivity contribution is 0.0930. The molecule has 1 aliphatic carbocycles. The molecule has 1 fully saturated rings. The number of fused-ring (bicyclic) bond motifs is 2. The van der Waals surface area contributed by atoms with E-state index in [4.69, 9.17) is 9.97 Å². The van der Waals surface area contributed by atoms with Crippen LogP contribution in [0.3, 0.4) is 0 Å². The van der Waals surface area contributed by atoms with Gasteiger partial charge in [-0.05, 0) is 73.3 Å². The smallest absolute Gasteiger partial charge is 0.251 e. The minimum atomic E-state index is -0.115. The number of hydrogen-bond donors (Lipinski definition) is 2. The van der Waals surface area contributed by atoms with Gasteiger partial charge in [0.2, 0.25) is 5.95 Å². The number of anilines is 3. The molecule has 0 atom stereocenters. The van der Waals surface area contributed by atoms with E-state index >= 15 is 0 Å². The van der Waals surface area contributed by atoms with Crippen LogP contribution < -0.4 is 15.5 Å². The molecule has 0 bridgehead atoms. The number of amides is 1. The van der Waals surface area contributed by atoms with Gasteiger partial charge in [-0.1, -0.05) is 32.1 Å². The Labute approximate surface area is 225 Å². The molecular weight excluding hydrogens is 472 g/mol. The number of allylic oxidation sites excluding steroid dienone is 1. The summed E-state index contributed by atoms with van der Waals surface area (Å²) in [5.41, 5.74) is 8.42. The highest BCUT2D eigenvalue weighted by Crippen LogP contribution is 2.36. The highest BCUT2D eigenvalue weighted by molar-refractivity contribution is 5.98. The van der Waals surface area contributed by atoms with Crippen LogP contribution in [0.1, 0.15) is 59.4 Å². The molecule has 2 aromatic carbocycles. The normalized spacial score (nSPS) is 19.1. The van der Waals surface area contributed by atoms with Crippen molar-refractivity contribution in [2.24, 2.45) is 0 Å². The predicted octanol–water partition coefficient (Wildman–Crippen LogP) is 4.76. The molecule has 0 unspecified atom stereocenters. The molecule has 0 spiro atoms. The Balaban J connectivity index is 1.27. The van der Waals surface area contributed by atoms with Crippen LogP contribution in [-0.2, 0) is 11.8 Å². The van der Waals surface area contributed by atoms with Crippen LogP contribution >= 0.6 is 0 Å². The number of likely N-dealkylation sites (N-methyl/N-ethyl adjacent to an activating group) is 1. The third kappa shape index (κ3) is 4.78. The summed E-state index contributed by atoms with van der Waals surface area (Å²) >= 11 is 0. The van der Waals surface area contributed by atoms with Crippen molar-refractivity contribution in [2.45, 2.75) is 38.5 Å². The fourth-order valence-electron chi connectivity index (χ4n) is 5.73. The van der Waals surface area contributed by atoms with Gasteiger partial charge in [0.1, 0.15) is 0 Å². The third-order valence-corrected chi connectivity index (χ3v) is 8.09. The van der Waals surface area contributed by atoms with E-state index in [9.17, 15) is 4.79 Å². The number of piperazine rings is 1. The van der Waals surface area contributed by atoms with Crippen molar-refractivity contribution < 1.29 is 4.79 Å². The summed E-state index contributed by atoms with van der Waals surface area (Å²) in [6.45, 7) is 9.25. The lowest BCUT2D eigenvalue weighted by atomic mass is 9.77. The molecule has 3 heterocycles. The number of benzene rings is 2. The molecule has 2 N–H and O–H groups in total. The number of carbonyl (C=O) groups is 1. The fraction of sp³-hybridized carbons (Fsp3) is 0.387. The molecule has 1 saturated heterocycles. The summed E-state index contributed by atoms with van der Waals surface area (Å²) < 4.78 is 0. The lowest BCUT2D eigenvalue weighted by Crippen LogP contribution is -2.44. The van der Waals surface area contributed by atoms with Gasteiger partial charge in [0, 0.05) is 66.8 Å². The first-order valence-electron chi connectivity index (χ1n) is 13.7. The number of nitrogens with one attached hydrogen (secondary N) is 2. The Morgan fingerprint density at radius 2 is 1.87 bits per heavy atom. The maximum absolute atomic E-state index is 12.5. The summed E-state index contributed by atoms with van der Waals surface area (Å²) in [7, 11) is 2.18. The van der Waals surface area contributed by atoms with E-state index in [1.807, 2.05) is 12.3 Å². The van der Waals surface area contributed by atoms with Gasteiger partial charge in [-0.3, -0.25) is 4.79 Å². The topological polar surface area (TPSA) is 73.4 Å². The van der Waals surface area contributed by atoms with Crippen LogP contribution in [-0.4, -0.2) is 60.5 Å². The zero-order valence-corrected chi connectivity index (χ0v) is 22.6. The summed E-state index contributed by atoms with van der Waals surface area (Å²) in [4.78, 5) is 27.0. The largest absolute Gasteiger partial charge is 0.369 e. The van der Waals surface area contributed by atoms with Crippen LogP contribution in [0.2, 0.25) is 0 Å². The standard InChI is InChI=1S/C31H36N6O/c1-31(2)20-33-29(38)25-12-11-21(17-27(25)31)24-9-4-5-10-28-26(24)19-32-30(35-28)34-22-7-6-8-23(18-22)37-15-13-36(3)14-16-37/h6-9,11-12,17-19H,4-5,10,13-16,20H2,1-3H3,(H,33,38)(H,32,34,35). The lowest BCUT2D eigenvalue weighted by Gasteiger charge is -2.34. The quantitative estimate of drug-likeness (QED) is 0.529. The number of aromatic nitrogens is 2. The summed E-state index contributed by atoms with van der Waals surface area (Å²) in [5.74, 6) is 0.639. The van der Waals surface area contributed by atoms with Gasteiger partial charge >= 0.3 is 0 Å². The summed E-state index contributed by atoms with van der Waals surface area (Å²) in [6.07, 6.45) is 7.21. The van der Waals surface area contributed by atoms with Crippen LogP contribution in [0.4, 0.5) is 17.3 Å². The average Bonchev–Trinajstić information content (AvgIpc) is 3.14. The minimum absolute atomic E-state index is 0.0110. The van der Waals surface area contributed by atoms with E-state index in [0.717, 1.165) is 84.6 Å². The minimum Gasteiger partial charge on any atom is -0.369 e. The zero-order chi connectivity index (χ0) is 26.3. The molecule has 2 aliphatic heterocycles. The average molecular weight is 509 g/mol. The van der Waals surface area contributed by atoms with Crippen LogP contribution in [0.5, 0.6) is 0 Å². The molecule has 3 aromatic rings. The molecule has 1 amide bonds. The molecule has 6 rings (SSSR count). The second-order valence-corrected chi connectivity index (χ2v) is 11.4. The second kappa shape index (κ2) is 9.87. The Kier molecular flexibility index (Phi) is 6.40. The van der Waals surface area contributed by atoms with E-state index in [0.29, 0.717) is 12.5 Å². The van der Waals surface area contributed by atoms with E-state index < -0.39 is 0 Å². The zero-order valence-electron chi connectivity index (χ0n) is 22.6. The predicted molar refractivity (Wildman–Crippen MR) is 153 cm³/mol. The van der Waals surface area contributed by atoms with Gasteiger partial charge in [0.15, 0.2) is 0 Å². The molecular formula is C31H36N6O. The maximum Gasteiger partial charge on any atom is 0.251 e. The Hall–Kier alpha value is -3.71. The number of nitrogens with zero attached hydrogens (tertiary/aromatic N) is 4. The van der Waals surface area contributed by atoms with Crippen molar-refractivity contribution in [3.8, 4) is 0 Å². The van der Waals surface area contributed by atoms with Crippen LogP contribution in [0, 0.1) is 0 Å². The highest BCUT2D eigenvalue weighted by atomic mass is 16.1. The molecule has 7 nitrogen and oxygen atoms in total. The SMILES string of the molecule is CN1CCN(c2cccc(Nc3ncc4c(n3)CCCC=C4c3ccc4c(c3)C(C)(C)CNC4=O)c2)CC1. The van der Waals surface area contributed by atoms with Gasteiger partial charge in [0.25, 0.3) is 5.91 Å². The Bertz CT molecular complexity index is 1400. The summed E-state index contributed by atoms with van der Waals surface area (Å²) in [6, 6.07) is 14.8. The van der Waals surface area contributed by atoms with Crippen molar-refractivity contribution in [3.05, 3.63) is 82.7 Å². The molecule has 196 valence electrons. The second-order valence-electron chi connectivity index (χ2n) is 11.4. The monoisotopic (exact) mass is 508 g/mol. The van der Waals surface area contributed by atoms with Gasteiger partial charge < -0.3 is 20.4 Å². The van der Waals surface area contributed by atoms with E-state index in [-0.39, 0.29) is 11.3 Å². The molecule has 7 heteroatoms. The van der Waals surface area contributed by atoms with Gasteiger partial charge in [-0.2, -0.15) is 0 Å². The Morgan fingerprint density at radius 3 is 2.71 bits per heavy atom. The van der Waals surface area contributed by atoms with E-state index in [1.54, 1.807) is 0 Å². The van der Waals surface area contributed by atoms with Gasteiger partial charge in [-0.15, -0.1) is 0 Å². The molecule has 0 saturated carbocycles.